The van der Waals surface area contributed by atoms with Gasteiger partial charge in [-0.25, -0.2) is 4.98 Å². The third kappa shape index (κ3) is 5.47. The SMILES string of the molecule is COc1ccc(-c2nc3cc(C(=O)NCc4cccc(CN)c4)ccn3c2NC2CCCCC2)cc1C. The summed E-state index contributed by atoms with van der Waals surface area (Å²) in [4.78, 5) is 18.0. The van der Waals surface area contributed by atoms with Gasteiger partial charge in [-0.3, -0.25) is 9.20 Å². The van der Waals surface area contributed by atoms with Gasteiger partial charge < -0.3 is 21.1 Å². The van der Waals surface area contributed by atoms with Gasteiger partial charge in [0.1, 0.15) is 22.9 Å². The molecule has 192 valence electrons. The number of hydrogen-bond acceptors (Lipinski definition) is 5. The second-order valence-electron chi connectivity index (χ2n) is 9.82. The monoisotopic (exact) mass is 497 g/mol. The zero-order valence-electron chi connectivity index (χ0n) is 21.6. The summed E-state index contributed by atoms with van der Waals surface area (Å²) in [5.74, 6) is 1.69. The van der Waals surface area contributed by atoms with Crippen LogP contribution in [0.1, 0.15) is 59.2 Å². The van der Waals surface area contributed by atoms with Crippen molar-refractivity contribution in [3.63, 3.8) is 0 Å². The normalized spacial score (nSPS) is 14.0. The maximum atomic E-state index is 13.0. The van der Waals surface area contributed by atoms with Crippen molar-refractivity contribution in [3.8, 4) is 17.0 Å². The Bertz CT molecular complexity index is 1400. The predicted molar refractivity (Wildman–Crippen MR) is 148 cm³/mol. The van der Waals surface area contributed by atoms with E-state index in [0.717, 1.165) is 58.0 Å². The van der Waals surface area contributed by atoms with E-state index in [1.54, 1.807) is 7.11 Å². The quantitative estimate of drug-likeness (QED) is 0.301. The van der Waals surface area contributed by atoms with Crippen LogP contribution in [-0.2, 0) is 13.1 Å². The van der Waals surface area contributed by atoms with Crippen LogP contribution in [0.3, 0.4) is 0 Å². The molecule has 7 nitrogen and oxygen atoms in total. The van der Waals surface area contributed by atoms with Gasteiger partial charge in [0.15, 0.2) is 0 Å². The number of imidazole rings is 1. The predicted octanol–water partition coefficient (Wildman–Crippen LogP) is 5.45. The fraction of sp³-hybridized carbons (Fsp3) is 0.333. The molecule has 0 saturated heterocycles. The van der Waals surface area contributed by atoms with E-state index in [0.29, 0.717) is 24.7 Å². The highest BCUT2D eigenvalue weighted by Crippen LogP contribution is 2.34. The molecule has 0 unspecified atom stereocenters. The standard InChI is InChI=1S/C30H35N5O2/c1-20-15-23(11-12-26(20)37-2)28-29(33-25-9-4-3-5-10-25)35-14-13-24(17-27(35)34-28)30(36)32-19-22-8-6-7-21(16-22)18-31/h6-8,11-17,25,33H,3-5,9-10,18-19,31H2,1-2H3,(H,32,36). The third-order valence-corrected chi connectivity index (χ3v) is 7.18. The molecule has 0 radical (unpaired) electrons. The molecule has 0 atom stereocenters. The molecule has 1 aliphatic rings. The molecule has 1 aliphatic carbocycles. The number of nitrogens with zero attached hydrogens (tertiary/aromatic N) is 2. The molecule has 0 bridgehead atoms. The number of carbonyl (C=O) groups excluding carboxylic acids is 1. The number of carbonyl (C=O) groups is 1. The molecule has 5 rings (SSSR count). The van der Waals surface area contributed by atoms with E-state index in [4.69, 9.17) is 15.5 Å². The second-order valence-corrected chi connectivity index (χ2v) is 9.82. The molecule has 4 N–H and O–H groups in total. The zero-order valence-corrected chi connectivity index (χ0v) is 21.6. The number of ether oxygens (including phenoxy) is 1. The van der Waals surface area contributed by atoms with E-state index >= 15 is 0 Å². The number of anilines is 1. The highest BCUT2D eigenvalue weighted by molar-refractivity contribution is 5.95. The Kier molecular flexibility index (Phi) is 7.42. The van der Waals surface area contributed by atoms with E-state index in [1.165, 1.54) is 19.3 Å². The number of nitrogens with one attached hydrogen (secondary N) is 2. The molecule has 4 aromatic rings. The van der Waals surface area contributed by atoms with Crippen LogP contribution >= 0.6 is 0 Å². The first-order valence-corrected chi connectivity index (χ1v) is 13.1. The lowest BCUT2D eigenvalue weighted by Crippen LogP contribution is -2.24. The van der Waals surface area contributed by atoms with E-state index in [-0.39, 0.29) is 5.91 Å². The van der Waals surface area contributed by atoms with E-state index < -0.39 is 0 Å². The Labute approximate surface area is 218 Å². The van der Waals surface area contributed by atoms with Crippen LogP contribution in [0.5, 0.6) is 5.75 Å². The van der Waals surface area contributed by atoms with Gasteiger partial charge in [0.05, 0.1) is 7.11 Å². The maximum absolute atomic E-state index is 13.0. The van der Waals surface area contributed by atoms with Crippen molar-refractivity contribution >= 4 is 17.4 Å². The number of aryl methyl sites for hydroxylation is 1. The Balaban J connectivity index is 1.45. The Morgan fingerprint density at radius 3 is 2.65 bits per heavy atom. The van der Waals surface area contributed by atoms with Gasteiger partial charge in [-0.2, -0.15) is 0 Å². The molecule has 7 heteroatoms. The van der Waals surface area contributed by atoms with Crippen molar-refractivity contribution in [2.45, 2.75) is 58.2 Å². The van der Waals surface area contributed by atoms with Gasteiger partial charge in [-0.05, 0) is 66.8 Å². The van der Waals surface area contributed by atoms with Gasteiger partial charge >= 0.3 is 0 Å². The van der Waals surface area contributed by atoms with Crippen molar-refractivity contribution in [2.75, 3.05) is 12.4 Å². The molecule has 1 amide bonds. The number of pyridine rings is 1. The molecule has 0 spiro atoms. The Morgan fingerprint density at radius 2 is 1.89 bits per heavy atom. The smallest absolute Gasteiger partial charge is 0.251 e. The zero-order chi connectivity index (χ0) is 25.8. The highest BCUT2D eigenvalue weighted by atomic mass is 16.5. The minimum absolute atomic E-state index is 0.132. The van der Waals surface area contributed by atoms with Crippen molar-refractivity contribution in [3.05, 3.63) is 83.0 Å². The van der Waals surface area contributed by atoms with Crippen LogP contribution in [0.25, 0.3) is 16.9 Å². The minimum atomic E-state index is -0.132. The molecular weight excluding hydrogens is 462 g/mol. The molecule has 2 aromatic heterocycles. The second kappa shape index (κ2) is 11.0. The first kappa shape index (κ1) is 24.8. The van der Waals surface area contributed by atoms with Crippen LogP contribution in [0.2, 0.25) is 0 Å². The van der Waals surface area contributed by atoms with Crippen LogP contribution in [-0.4, -0.2) is 28.4 Å². The number of nitrogens with two attached hydrogens (primary N) is 1. The van der Waals surface area contributed by atoms with Crippen molar-refractivity contribution in [2.24, 2.45) is 5.73 Å². The molecule has 2 aromatic carbocycles. The summed E-state index contributed by atoms with van der Waals surface area (Å²) in [5, 5.41) is 6.81. The molecule has 2 heterocycles. The molecule has 37 heavy (non-hydrogen) atoms. The van der Waals surface area contributed by atoms with Gasteiger partial charge in [0.25, 0.3) is 5.91 Å². The first-order valence-electron chi connectivity index (χ1n) is 13.1. The lowest BCUT2D eigenvalue weighted by molar-refractivity contribution is 0.0951. The van der Waals surface area contributed by atoms with Gasteiger partial charge in [-0.15, -0.1) is 0 Å². The summed E-state index contributed by atoms with van der Waals surface area (Å²) in [7, 11) is 1.69. The number of fused-ring (bicyclic) bond motifs is 1. The average Bonchev–Trinajstić information content (AvgIpc) is 3.29. The Hall–Kier alpha value is -3.84. The molecule has 0 aliphatic heterocycles. The fourth-order valence-electron chi connectivity index (χ4n) is 5.14. The number of hydrogen-bond donors (Lipinski definition) is 3. The van der Waals surface area contributed by atoms with Crippen molar-refractivity contribution < 1.29 is 9.53 Å². The maximum Gasteiger partial charge on any atom is 0.251 e. The van der Waals surface area contributed by atoms with Crippen LogP contribution in [0.15, 0.2) is 60.8 Å². The van der Waals surface area contributed by atoms with E-state index in [1.807, 2.05) is 61.7 Å². The average molecular weight is 498 g/mol. The summed E-state index contributed by atoms with van der Waals surface area (Å²) in [6.45, 7) is 2.96. The lowest BCUT2D eigenvalue weighted by Gasteiger charge is -2.24. The van der Waals surface area contributed by atoms with Gasteiger partial charge in [-0.1, -0.05) is 43.5 Å². The van der Waals surface area contributed by atoms with Gasteiger partial charge in [0.2, 0.25) is 0 Å². The van der Waals surface area contributed by atoms with Crippen molar-refractivity contribution in [1.82, 2.24) is 14.7 Å². The van der Waals surface area contributed by atoms with E-state index in [2.05, 4.69) is 21.1 Å². The van der Waals surface area contributed by atoms with Crippen molar-refractivity contribution in [1.29, 1.82) is 0 Å². The summed E-state index contributed by atoms with van der Waals surface area (Å²) in [6, 6.07) is 18.2. The molecule has 1 fully saturated rings. The summed E-state index contributed by atoms with van der Waals surface area (Å²) < 4.78 is 7.53. The number of aromatic nitrogens is 2. The largest absolute Gasteiger partial charge is 0.496 e. The van der Waals surface area contributed by atoms with Crippen LogP contribution < -0.4 is 21.1 Å². The number of methoxy groups -OCH3 is 1. The lowest BCUT2D eigenvalue weighted by atomic mass is 9.95. The highest BCUT2D eigenvalue weighted by Gasteiger charge is 2.21. The van der Waals surface area contributed by atoms with E-state index in [9.17, 15) is 4.79 Å². The molecular formula is C30H35N5O2. The fourth-order valence-corrected chi connectivity index (χ4v) is 5.14. The number of rotatable bonds is 8. The topological polar surface area (TPSA) is 93.7 Å². The summed E-state index contributed by atoms with van der Waals surface area (Å²) in [5.41, 5.74) is 12.1. The Morgan fingerprint density at radius 1 is 1.08 bits per heavy atom. The first-order chi connectivity index (χ1) is 18.1. The number of amides is 1. The third-order valence-electron chi connectivity index (χ3n) is 7.18. The van der Waals surface area contributed by atoms with Crippen LogP contribution in [0, 0.1) is 6.92 Å². The minimum Gasteiger partial charge on any atom is -0.496 e. The summed E-state index contributed by atoms with van der Waals surface area (Å²) >= 11 is 0. The summed E-state index contributed by atoms with van der Waals surface area (Å²) in [6.07, 6.45) is 8.02. The molecule has 1 saturated carbocycles. The van der Waals surface area contributed by atoms with Gasteiger partial charge in [0, 0.05) is 36.5 Å². The number of benzene rings is 2. The van der Waals surface area contributed by atoms with Crippen LogP contribution in [0.4, 0.5) is 5.82 Å².